The molecule has 1 saturated carbocycles. The Bertz CT molecular complexity index is 1630. The number of hydrogen-bond acceptors (Lipinski definition) is 6. The van der Waals surface area contributed by atoms with E-state index in [0.717, 1.165) is 36.8 Å². The van der Waals surface area contributed by atoms with Crippen molar-refractivity contribution >= 4 is 22.6 Å². The molecule has 4 aromatic rings. The third-order valence-electron chi connectivity index (χ3n) is 7.39. The van der Waals surface area contributed by atoms with Crippen molar-refractivity contribution in [1.82, 2.24) is 19.3 Å². The van der Waals surface area contributed by atoms with Gasteiger partial charge in [-0.1, -0.05) is 31.4 Å². The molecule has 0 atom stereocenters. The summed E-state index contributed by atoms with van der Waals surface area (Å²) in [6, 6.07) is 11.0. The number of rotatable bonds is 7. The van der Waals surface area contributed by atoms with Gasteiger partial charge in [0.1, 0.15) is 16.8 Å². The first-order chi connectivity index (χ1) is 18.4. The van der Waals surface area contributed by atoms with Crippen molar-refractivity contribution < 1.29 is 14.3 Å². The summed E-state index contributed by atoms with van der Waals surface area (Å²) in [5, 5.41) is 12.4. The van der Waals surface area contributed by atoms with E-state index in [1.807, 2.05) is 31.2 Å². The van der Waals surface area contributed by atoms with Crippen molar-refractivity contribution in [3.63, 3.8) is 0 Å². The number of ether oxygens (including phenoxy) is 2. The molecule has 9 heteroatoms. The number of methoxy groups -OCH3 is 2. The zero-order valence-electron chi connectivity index (χ0n) is 22.0. The number of carbonyl (C=O) groups is 1. The van der Waals surface area contributed by atoms with Gasteiger partial charge in [0.25, 0.3) is 11.5 Å². The molecule has 0 saturated heterocycles. The maximum atomic E-state index is 13.6. The van der Waals surface area contributed by atoms with Gasteiger partial charge in [-0.3, -0.25) is 19.4 Å². The van der Waals surface area contributed by atoms with Gasteiger partial charge in [-0.25, -0.2) is 4.98 Å². The SMILES string of the molecule is COc1ccc(CCn2c(=N)c(C(=O)NC3CCCCC3)cc3c(=O)n4cccc(C)c4nc32)cc1OC. The molecule has 1 fully saturated rings. The van der Waals surface area contributed by atoms with Crippen molar-refractivity contribution in [2.75, 3.05) is 14.2 Å². The summed E-state index contributed by atoms with van der Waals surface area (Å²) in [6.07, 6.45) is 7.42. The van der Waals surface area contributed by atoms with Crippen molar-refractivity contribution in [1.29, 1.82) is 5.41 Å². The summed E-state index contributed by atoms with van der Waals surface area (Å²) >= 11 is 0. The van der Waals surface area contributed by atoms with Crippen LogP contribution >= 0.6 is 0 Å². The van der Waals surface area contributed by atoms with E-state index in [2.05, 4.69) is 5.32 Å². The van der Waals surface area contributed by atoms with Crippen LogP contribution in [-0.2, 0) is 13.0 Å². The average Bonchev–Trinajstić information content (AvgIpc) is 2.93. The molecule has 1 aromatic carbocycles. The molecule has 1 aliphatic rings. The number of fused-ring (bicyclic) bond motifs is 2. The van der Waals surface area contributed by atoms with Gasteiger partial charge in [0, 0.05) is 18.8 Å². The fourth-order valence-corrected chi connectivity index (χ4v) is 5.27. The Hall–Kier alpha value is -4.14. The molecule has 5 rings (SSSR count). The molecule has 0 bridgehead atoms. The number of benzene rings is 1. The topological polar surface area (TPSA) is 111 Å². The maximum Gasteiger partial charge on any atom is 0.267 e. The Morgan fingerprint density at radius 1 is 1.08 bits per heavy atom. The van der Waals surface area contributed by atoms with Crippen LogP contribution in [0.4, 0.5) is 0 Å². The van der Waals surface area contributed by atoms with E-state index in [9.17, 15) is 9.59 Å². The number of nitrogens with zero attached hydrogens (tertiary/aromatic N) is 3. The molecule has 0 aliphatic heterocycles. The van der Waals surface area contributed by atoms with Gasteiger partial charge in [0.05, 0.1) is 25.2 Å². The Kier molecular flexibility index (Phi) is 7.18. The van der Waals surface area contributed by atoms with Gasteiger partial charge in [-0.15, -0.1) is 0 Å². The van der Waals surface area contributed by atoms with E-state index >= 15 is 0 Å². The number of amides is 1. The first-order valence-electron chi connectivity index (χ1n) is 13.0. The van der Waals surface area contributed by atoms with Crippen molar-refractivity contribution in [2.24, 2.45) is 0 Å². The number of pyridine rings is 2. The van der Waals surface area contributed by atoms with Crippen LogP contribution in [0.3, 0.4) is 0 Å². The lowest BCUT2D eigenvalue weighted by molar-refractivity contribution is 0.0925. The third kappa shape index (κ3) is 4.76. The van der Waals surface area contributed by atoms with Crippen LogP contribution in [0, 0.1) is 12.3 Å². The lowest BCUT2D eigenvalue weighted by atomic mass is 9.95. The molecular formula is C29H33N5O4. The van der Waals surface area contributed by atoms with Gasteiger partial charge >= 0.3 is 0 Å². The lowest BCUT2D eigenvalue weighted by Gasteiger charge is -2.23. The summed E-state index contributed by atoms with van der Waals surface area (Å²) in [5.41, 5.74) is 2.70. The van der Waals surface area contributed by atoms with Crippen LogP contribution in [-0.4, -0.2) is 40.1 Å². The normalized spacial score (nSPS) is 14.1. The van der Waals surface area contributed by atoms with Crippen LogP contribution in [0.5, 0.6) is 11.5 Å². The molecule has 1 amide bonds. The fourth-order valence-electron chi connectivity index (χ4n) is 5.27. The number of carbonyl (C=O) groups excluding carboxylic acids is 1. The molecule has 0 unspecified atom stereocenters. The summed E-state index contributed by atoms with van der Waals surface area (Å²) in [4.78, 5) is 31.8. The molecule has 0 radical (unpaired) electrons. The molecule has 1 aliphatic carbocycles. The van der Waals surface area contributed by atoms with Crippen LogP contribution in [0.25, 0.3) is 16.7 Å². The smallest absolute Gasteiger partial charge is 0.267 e. The van der Waals surface area contributed by atoms with E-state index in [1.54, 1.807) is 31.0 Å². The second-order valence-corrected chi connectivity index (χ2v) is 9.85. The Labute approximate surface area is 220 Å². The minimum atomic E-state index is -0.322. The fraction of sp³-hybridized carbons (Fsp3) is 0.379. The highest BCUT2D eigenvalue weighted by Gasteiger charge is 2.21. The highest BCUT2D eigenvalue weighted by atomic mass is 16.5. The number of aryl methyl sites for hydroxylation is 3. The quantitative estimate of drug-likeness (QED) is 0.364. The van der Waals surface area contributed by atoms with E-state index in [1.165, 1.54) is 16.9 Å². The standard InChI is InChI=1S/C29H33N5O4/c1-18-8-7-14-34-26(18)32-27-22(29(34)36)17-21(28(35)31-20-9-5-4-6-10-20)25(30)33(27)15-13-19-11-12-23(37-2)24(16-19)38-3/h7-8,11-12,14,16-17,20,30H,4-6,9-10,13,15H2,1-3H3,(H,31,35). The average molecular weight is 516 g/mol. The first kappa shape index (κ1) is 25.5. The van der Waals surface area contributed by atoms with Gasteiger partial charge < -0.3 is 19.4 Å². The van der Waals surface area contributed by atoms with Gasteiger partial charge in [0.2, 0.25) is 0 Å². The van der Waals surface area contributed by atoms with Gasteiger partial charge in [-0.2, -0.15) is 0 Å². The van der Waals surface area contributed by atoms with Crippen LogP contribution in [0.15, 0.2) is 47.4 Å². The Morgan fingerprint density at radius 3 is 2.58 bits per heavy atom. The van der Waals surface area contributed by atoms with Crippen molar-refractivity contribution in [3.8, 4) is 11.5 Å². The first-order valence-corrected chi connectivity index (χ1v) is 13.0. The molecule has 0 spiro atoms. The largest absolute Gasteiger partial charge is 0.493 e. The summed E-state index contributed by atoms with van der Waals surface area (Å²) < 4.78 is 14.0. The molecule has 38 heavy (non-hydrogen) atoms. The van der Waals surface area contributed by atoms with Crippen molar-refractivity contribution in [3.05, 3.63) is 75.1 Å². The summed E-state index contributed by atoms with van der Waals surface area (Å²) in [6.45, 7) is 2.25. The second kappa shape index (κ2) is 10.7. The van der Waals surface area contributed by atoms with Gasteiger partial charge in [-0.05, 0) is 61.6 Å². The van der Waals surface area contributed by atoms with Crippen LogP contribution in [0.2, 0.25) is 0 Å². The third-order valence-corrected chi connectivity index (χ3v) is 7.39. The minimum Gasteiger partial charge on any atom is -0.493 e. The van der Waals surface area contributed by atoms with E-state index in [0.29, 0.717) is 41.1 Å². The molecule has 2 N–H and O–H groups in total. The van der Waals surface area contributed by atoms with Crippen LogP contribution in [0.1, 0.15) is 53.6 Å². The number of hydrogen-bond donors (Lipinski definition) is 2. The predicted molar refractivity (Wildman–Crippen MR) is 145 cm³/mol. The molecule has 198 valence electrons. The van der Waals surface area contributed by atoms with Crippen LogP contribution < -0.4 is 25.8 Å². The number of nitrogens with one attached hydrogen (secondary N) is 2. The van der Waals surface area contributed by atoms with E-state index < -0.39 is 0 Å². The lowest BCUT2D eigenvalue weighted by Crippen LogP contribution is -2.40. The number of aromatic nitrogens is 3. The Morgan fingerprint density at radius 2 is 1.84 bits per heavy atom. The molecule has 9 nitrogen and oxygen atoms in total. The second-order valence-electron chi connectivity index (χ2n) is 9.85. The van der Waals surface area contributed by atoms with Crippen molar-refractivity contribution in [2.45, 2.75) is 58.0 Å². The van der Waals surface area contributed by atoms with E-state index in [4.69, 9.17) is 19.9 Å². The van der Waals surface area contributed by atoms with Gasteiger partial charge in [0.15, 0.2) is 11.5 Å². The van der Waals surface area contributed by atoms with E-state index in [-0.39, 0.29) is 28.6 Å². The Balaban J connectivity index is 1.62. The summed E-state index contributed by atoms with van der Waals surface area (Å²) in [7, 11) is 3.18. The molecular weight excluding hydrogens is 482 g/mol. The zero-order valence-corrected chi connectivity index (χ0v) is 22.0. The minimum absolute atomic E-state index is 0.0381. The highest BCUT2D eigenvalue weighted by Crippen LogP contribution is 2.28. The predicted octanol–water partition coefficient (Wildman–Crippen LogP) is 3.76. The monoisotopic (exact) mass is 515 g/mol. The molecule has 3 heterocycles. The molecule has 3 aromatic heterocycles. The summed E-state index contributed by atoms with van der Waals surface area (Å²) in [5.74, 6) is 0.926. The highest BCUT2D eigenvalue weighted by molar-refractivity contribution is 5.97. The zero-order chi connectivity index (χ0) is 26.8. The maximum absolute atomic E-state index is 13.6.